The molecule has 0 bridgehead atoms. The summed E-state index contributed by atoms with van der Waals surface area (Å²) in [4.78, 5) is 22.8. The molecule has 8 heteroatoms. The van der Waals surface area contributed by atoms with Crippen molar-refractivity contribution in [1.82, 2.24) is 24.3 Å². The monoisotopic (exact) mass is 475 g/mol. The molecule has 3 aromatic heterocycles. The lowest BCUT2D eigenvalue weighted by molar-refractivity contribution is 0.858. The van der Waals surface area contributed by atoms with Gasteiger partial charge in [-0.3, -0.25) is 9.36 Å². The van der Waals surface area contributed by atoms with Crippen LogP contribution >= 0.6 is 25.2 Å². The average molecular weight is 476 g/mol. The first-order valence-electron chi connectivity index (χ1n) is 9.16. The first-order chi connectivity index (χ1) is 14.6. The molecule has 0 spiro atoms. The summed E-state index contributed by atoms with van der Waals surface area (Å²) in [7, 11) is 2.71. The van der Waals surface area contributed by atoms with Crippen LogP contribution in [0, 0.1) is 0 Å². The van der Waals surface area contributed by atoms with E-state index < -0.39 is 0 Å². The van der Waals surface area contributed by atoms with Crippen molar-refractivity contribution < 1.29 is 0 Å². The van der Waals surface area contributed by atoms with E-state index in [1.165, 1.54) is 0 Å². The molecule has 0 aliphatic heterocycles. The molecule has 3 heterocycles. The fourth-order valence-corrected chi connectivity index (χ4v) is 3.93. The lowest BCUT2D eigenvalue weighted by Gasteiger charge is -2.14. The zero-order valence-corrected chi connectivity index (χ0v) is 18.3. The van der Waals surface area contributed by atoms with Crippen molar-refractivity contribution in [2.24, 2.45) is 0 Å². The number of hydrogen-bond acceptors (Lipinski definition) is 4. The number of pyridine rings is 1. The van der Waals surface area contributed by atoms with E-state index in [1.54, 1.807) is 21.6 Å². The van der Waals surface area contributed by atoms with Crippen molar-refractivity contribution in [3.05, 3.63) is 94.0 Å². The lowest BCUT2D eigenvalue weighted by Crippen LogP contribution is -2.23. The molecule has 0 radical (unpaired) electrons. The standard InChI is InChI=1S/C22H15BrN5OP/c23-14-8-10-15(11-9-14)27-20(16-5-1-2-6-18(16)30)26-21-17(22(27)29)13-25-28(21)19-7-3-4-12-24-19/h1-13H,30H2. The Morgan fingerprint density at radius 1 is 0.933 bits per heavy atom. The maximum atomic E-state index is 13.6. The third-order valence-electron chi connectivity index (χ3n) is 4.75. The minimum atomic E-state index is -0.187. The van der Waals surface area contributed by atoms with Crippen molar-refractivity contribution in [3.63, 3.8) is 0 Å². The molecule has 0 saturated heterocycles. The third-order valence-corrected chi connectivity index (χ3v) is 5.79. The Morgan fingerprint density at radius 2 is 1.70 bits per heavy atom. The third kappa shape index (κ3) is 3.16. The maximum Gasteiger partial charge on any atom is 0.269 e. The van der Waals surface area contributed by atoms with Gasteiger partial charge in [0.15, 0.2) is 17.3 Å². The molecule has 0 amide bonds. The van der Waals surface area contributed by atoms with Crippen molar-refractivity contribution in [2.45, 2.75) is 0 Å². The SMILES string of the molecule is O=c1c2cnn(-c3ccccn3)c2nc(-c2ccccc2P)n1-c1ccc(Br)cc1. The number of fused-ring (bicyclic) bond motifs is 1. The normalized spacial score (nSPS) is 11.1. The number of halogens is 1. The van der Waals surface area contributed by atoms with Gasteiger partial charge in [0.25, 0.3) is 5.56 Å². The van der Waals surface area contributed by atoms with Gasteiger partial charge in [-0.1, -0.05) is 46.3 Å². The Morgan fingerprint density at radius 3 is 2.43 bits per heavy atom. The highest BCUT2D eigenvalue weighted by molar-refractivity contribution is 9.10. The molecular formula is C22H15BrN5OP. The zero-order valence-electron chi connectivity index (χ0n) is 15.6. The number of hydrogen-bond donors (Lipinski definition) is 0. The molecular weight excluding hydrogens is 461 g/mol. The molecule has 0 N–H and O–H groups in total. The number of benzene rings is 2. The molecule has 0 fully saturated rings. The molecule has 6 nitrogen and oxygen atoms in total. The van der Waals surface area contributed by atoms with Gasteiger partial charge in [0.1, 0.15) is 5.39 Å². The van der Waals surface area contributed by atoms with E-state index in [9.17, 15) is 4.79 Å². The molecule has 0 aliphatic carbocycles. The van der Waals surface area contributed by atoms with Gasteiger partial charge in [-0.15, -0.1) is 9.24 Å². The van der Waals surface area contributed by atoms with Gasteiger partial charge >= 0.3 is 0 Å². The largest absolute Gasteiger partial charge is 0.269 e. The summed E-state index contributed by atoms with van der Waals surface area (Å²) >= 11 is 3.45. The van der Waals surface area contributed by atoms with E-state index in [2.05, 4.69) is 35.3 Å². The minimum Gasteiger partial charge on any atom is -0.268 e. The zero-order chi connectivity index (χ0) is 20.7. The quantitative estimate of drug-likeness (QED) is 0.371. The second-order valence-electron chi connectivity index (χ2n) is 6.62. The Labute approximate surface area is 182 Å². The lowest BCUT2D eigenvalue weighted by atomic mass is 10.2. The van der Waals surface area contributed by atoms with Crippen molar-refractivity contribution in [1.29, 1.82) is 0 Å². The van der Waals surface area contributed by atoms with Crippen LogP contribution in [-0.4, -0.2) is 24.3 Å². The van der Waals surface area contributed by atoms with Crippen molar-refractivity contribution in [2.75, 3.05) is 0 Å². The highest BCUT2D eigenvalue weighted by Gasteiger charge is 2.19. The van der Waals surface area contributed by atoms with Gasteiger partial charge in [0.2, 0.25) is 0 Å². The molecule has 5 aromatic rings. The van der Waals surface area contributed by atoms with Crippen molar-refractivity contribution in [3.8, 4) is 22.9 Å². The van der Waals surface area contributed by atoms with Gasteiger partial charge < -0.3 is 0 Å². The van der Waals surface area contributed by atoms with Crippen LogP contribution in [0.1, 0.15) is 0 Å². The van der Waals surface area contributed by atoms with Crippen LogP contribution in [0.3, 0.4) is 0 Å². The molecule has 0 saturated carbocycles. The predicted octanol–water partition coefficient (Wildman–Crippen LogP) is 3.90. The van der Waals surface area contributed by atoms with E-state index in [1.807, 2.05) is 66.7 Å². The number of aromatic nitrogens is 5. The van der Waals surface area contributed by atoms with E-state index in [0.29, 0.717) is 22.7 Å². The molecule has 146 valence electrons. The summed E-state index contributed by atoms with van der Waals surface area (Å²) in [5, 5.41) is 5.77. The van der Waals surface area contributed by atoms with Crippen LogP contribution in [0.15, 0.2) is 88.4 Å². The molecule has 1 atom stereocenters. The second-order valence-corrected chi connectivity index (χ2v) is 8.16. The topological polar surface area (TPSA) is 65.6 Å². The summed E-state index contributed by atoms with van der Waals surface area (Å²) < 4.78 is 4.16. The summed E-state index contributed by atoms with van der Waals surface area (Å²) in [5.41, 5.74) is 1.85. The summed E-state index contributed by atoms with van der Waals surface area (Å²) in [6, 6.07) is 20.9. The van der Waals surface area contributed by atoms with Gasteiger partial charge in [-0.05, 0) is 41.7 Å². The minimum absolute atomic E-state index is 0.187. The van der Waals surface area contributed by atoms with Crippen LogP contribution in [-0.2, 0) is 0 Å². The average Bonchev–Trinajstić information content (AvgIpc) is 3.20. The fourth-order valence-electron chi connectivity index (χ4n) is 3.33. The fraction of sp³-hybridized carbons (Fsp3) is 0. The van der Waals surface area contributed by atoms with Crippen LogP contribution in [0.25, 0.3) is 33.9 Å². The number of rotatable bonds is 3. The van der Waals surface area contributed by atoms with Gasteiger partial charge in [0, 0.05) is 16.2 Å². The Balaban J connectivity index is 1.88. The van der Waals surface area contributed by atoms with E-state index >= 15 is 0 Å². The molecule has 30 heavy (non-hydrogen) atoms. The molecule has 1 unspecified atom stereocenters. The van der Waals surface area contributed by atoms with E-state index in [0.717, 1.165) is 21.0 Å². The molecule has 5 rings (SSSR count). The van der Waals surface area contributed by atoms with Gasteiger partial charge in [-0.2, -0.15) is 9.78 Å². The van der Waals surface area contributed by atoms with Gasteiger partial charge in [0.05, 0.1) is 11.9 Å². The van der Waals surface area contributed by atoms with Gasteiger partial charge in [-0.25, -0.2) is 9.97 Å². The summed E-state index contributed by atoms with van der Waals surface area (Å²) in [6.07, 6.45) is 3.23. The van der Waals surface area contributed by atoms with Crippen molar-refractivity contribution >= 4 is 41.5 Å². The van der Waals surface area contributed by atoms with Crippen LogP contribution in [0.2, 0.25) is 0 Å². The Kier molecular flexibility index (Phi) is 4.77. The smallest absolute Gasteiger partial charge is 0.268 e. The van der Waals surface area contributed by atoms with Crippen LogP contribution in [0.4, 0.5) is 0 Å². The predicted molar refractivity (Wildman–Crippen MR) is 125 cm³/mol. The highest BCUT2D eigenvalue weighted by Crippen LogP contribution is 2.24. The summed E-state index contributed by atoms with van der Waals surface area (Å²) in [5.74, 6) is 1.14. The molecule has 2 aromatic carbocycles. The Bertz CT molecular complexity index is 1430. The number of nitrogens with zero attached hydrogens (tertiary/aromatic N) is 5. The van der Waals surface area contributed by atoms with E-state index in [-0.39, 0.29) is 5.56 Å². The first kappa shape index (κ1) is 18.9. The van der Waals surface area contributed by atoms with Crippen LogP contribution in [0.5, 0.6) is 0 Å². The maximum absolute atomic E-state index is 13.6. The second kappa shape index (κ2) is 7.59. The van der Waals surface area contributed by atoms with E-state index in [4.69, 9.17) is 4.98 Å². The highest BCUT2D eigenvalue weighted by atomic mass is 79.9. The Hall–Kier alpha value is -3.15. The van der Waals surface area contributed by atoms with Crippen LogP contribution < -0.4 is 10.9 Å². The summed E-state index contributed by atoms with van der Waals surface area (Å²) in [6.45, 7) is 0. The first-order valence-corrected chi connectivity index (χ1v) is 10.5. The molecule has 0 aliphatic rings.